The molecule has 0 aliphatic carbocycles. The first-order valence-corrected chi connectivity index (χ1v) is 6.30. The molecule has 3 nitrogen and oxygen atoms in total. The van der Waals surface area contributed by atoms with E-state index in [4.69, 9.17) is 0 Å². The van der Waals surface area contributed by atoms with Gasteiger partial charge in [0, 0.05) is 19.4 Å². The van der Waals surface area contributed by atoms with Crippen LogP contribution in [-0.2, 0) is 13.5 Å². The van der Waals surface area contributed by atoms with Crippen LogP contribution < -0.4 is 0 Å². The smallest absolute Gasteiger partial charge is 0.137 e. The molecule has 1 aromatic carbocycles. The van der Waals surface area contributed by atoms with Gasteiger partial charge in [-0.05, 0) is 43.4 Å². The van der Waals surface area contributed by atoms with Crippen molar-refractivity contribution in [3.8, 4) is 0 Å². The molecule has 0 saturated heterocycles. The van der Waals surface area contributed by atoms with E-state index in [1.165, 1.54) is 16.7 Å². The maximum atomic E-state index is 10.2. The van der Waals surface area contributed by atoms with Crippen LogP contribution in [-0.4, -0.2) is 14.7 Å². The van der Waals surface area contributed by atoms with Crippen molar-refractivity contribution in [2.24, 2.45) is 7.05 Å². The number of aliphatic hydroxyl groups excluding tert-OH is 1. The molecule has 1 N–H and O–H groups in total. The van der Waals surface area contributed by atoms with Crippen molar-refractivity contribution >= 4 is 0 Å². The molecule has 0 aliphatic heterocycles. The van der Waals surface area contributed by atoms with E-state index in [0.717, 1.165) is 12.2 Å². The highest BCUT2D eigenvalue weighted by atomic mass is 16.3. The number of rotatable bonds is 4. The minimum absolute atomic E-state index is 0.496. The summed E-state index contributed by atoms with van der Waals surface area (Å²) >= 11 is 0. The Morgan fingerprint density at radius 2 is 1.94 bits per heavy atom. The number of aryl methyl sites for hydroxylation is 3. The van der Waals surface area contributed by atoms with Gasteiger partial charge in [0.05, 0.1) is 0 Å². The van der Waals surface area contributed by atoms with Crippen molar-refractivity contribution in [1.29, 1.82) is 0 Å². The second-order valence-corrected chi connectivity index (χ2v) is 4.82. The summed E-state index contributed by atoms with van der Waals surface area (Å²) in [5, 5.41) is 10.2. The fourth-order valence-electron chi connectivity index (χ4n) is 2.35. The van der Waals surface area contributed by atoms with Crippen LogP contribution in [0.1, 0.15) is 35.0 Å². The molecule has 0 bridgehead atoms. The van der Waals surface area contributed by atoms with E-state index < -0.39 is 6.10 Å². The summed E-state index contributed by atoms with van der Waals surface area (Å²) in [7, 11) is 1.91. The molecule has 0 radical (unpaired) electrons. The Morgan fingerprint density at radius 3 is 2.50 bits per heavy atom. The van der Waals surface area contributed by atoms with Crippen LogP contribution in [0.4, 0.5) is 0 Å². The lowest BCUT2D eigenvalue weighted by molar-refractivity contribution is 0.154. The van der Waals surface area contributed by atoms with Gasteiger partial charge in [-0.1, -0.05) is 18.2 Å². The average Bonchev–Trinajstić information content (AvgIpc) is 2.74. The SMILES string of the molecule is Cc1cccc(C)c1CCC(O)c1nccn1C. The molecular weight excluding hydrogens is 224 g/mol. The minimum Gasteiger partial charge on any atom is -0.385 e. The van der Waals surface area contributed by atoms with Crippen LogP contribution in [0.5, 0.6) is 0 Å². The molecule has 2 rings (SSSR count). The maximum absolute atomic E-state index is 10.2. The van der Waals surface area contributed by atoms with Gasteiger partial charge in [0.2, 0.25) is 0 Å². The third kappa shape index (κ3) is 2.62. The van der Waals surface area contributed by atoms with Crippen molar-refractivity contribution in [2.45, 2.75) is 32.8 Å². The Kier molecular flexibility index (Phi) is 3.82. The van der Waals surface area contributed by atoms with Crippen LogP contribution in [0.3, 0.4) is 0 Å². The highest BCUT2D eigenvalue weighted by Crippen LogP contribution is 2.21. The Labute approximate surface area is 108 Å². The summed E-state index contributed by atoms with van der Waals surface area (Å²) < 4.78 is 1.87. The number of nitrogens with zero attached hydrogens (tertiary/aromatic N) is 2. The zero-order chi connectivity index (χ0) is 13.1. The van der Waals surface area contributed by atoms with Gasteiger partial charge < -0.3 is 9.67 Å². The molecule has 1 aromatic heterocycles. The Morgan fingerprint density at radius 1 is 1.28 bits per heavy atom. The number of benzene rings is 1. The normalized spacial score (nSPS) is 12.7. The number of imidazole rings is 1. The molecule has 3 heteroatoms. The summed E-state index contributed by atoms with van der Waals surface area (Å²) in [6, 6.07) is 6.31. The van der Waals surface area contributed by atoms with E-state index >= 15 is 0 Å². The Bertz CT molecular complexity index is 511. The summed E-state index contributed by atoms with van der Waals surface area (Å²) in [5.74, 6) is 0.737. The predicted molar refractivity (Wildman–Crippen MR) is 72.4 cm³/mol. The van der Waals surface area contributed by atoms with Crippen molar-refractivity contribution in [2.75, 3.05) is 0 Å². The molecular formula is C15H20N2O. The van der Waals surface area contributed by atoms with E-state index in [2.05, 4.69) is 37.0 Å². The van der Waals surface area contributed by atoms with Crippen LogP contribution in [0, 0.1) is 13.8 Å². The van der Waals surface area contributed by atoms with Gasteiger partial charge in [-0.15, -0.1) is 0 Å². The summed E-state index contributed by atoms with van der Waals surface area (Å²) in [6.07, 6.45) is 4.67. The van der Waals surface area contributed by atoms with Gasteiger partial charge in [-0.2, -0.15) is 0 Å². The summed E-state index contributed by atoms with van der Waals surface area (Å²) in [5.41, 5.74) is 3.93. The Balaban J connectivity index is 2.06. The first-order valence-electron chi connectivity index (χ1n) is 6.30. The van der Waals surface area contributed by atoms with Gasteiger partial charge in [0.1, 0.15) is 11.9 Å². The van der Waals surface area contributed by atoms with Gasteiger partial charge in [-0.3, -0.25) is 0 Å². The largest absolute Gasteiger partial charge is 0.385 e. The van der Waals surface area contributed by atoms with Crippen molar-refractivity contribution in [3.05, 3.63) is 53.1 Å². The lowest BCUT2D eigenvalue weighted by Crippen LogP contribution is -2.07. The summed E-state index contributed by atoms with van der Waals surface area (Å²) in [4.78, 5) is 4.19. The van der Waals surface area contributed by atoms with E-state index in [0.29, 0.717) is 6.42 Å². The lowest BCUT2D eigenvalue weighted by atomic mass is 9.97. The van der Waals surface area contributed by atoms with Crippen LogP contribution in [0.25, 0.3) is 0 Å². The topological polar surface area (TPSA) is 38.1 Å². The van der Waals surface area contributed by atoms with Crippen LogP contribution >= 0.6 is 0 Å². The maximum Gasteiger partial charge on any atom is 0.137 e. The molecule has 96 valence electrons. The average molecular weight is 244 g/mol. The highest BCUT2D eigenvalue weighted by molar-refractivity contribution is 5.33. The molecule has 0 amide bonds. The first-order chi connectivity index (χ1) is 8.59. The molecule has 0 aliphatic rings. The van der Waals surface area contributed by atoms with E-state index in [9.17, 15) is 5.11 Å². The molecule has 2 aromatic rings. The molecule has 1 atom stereocenters. The second-order valence-electron chi connectivity index (χ2n) is 4.82. The van der Waals surface area contributed by atoms with Gasteiger partial charge in [0.25, 0.3) is 0 Å². The third-order valence-corrected chi connectivity index (χ3v) is 3.47. The molecule has 0 spiro atoms. The molecule has 18 heavy (non-hydrogen) atoms. The fraction of sp³-hybridized carbons (Fsp3) is 0.400. The number of aromatic nitrogens is 2. The number of hydrogen-bond acceptors (Lipinski definition) is 2. The standard InChI is InChI=1S/C15H20N2O/c1-11-5-4-6-12(2)13(11)7-8-14(18)15-16-9-10-17(15)3/h4-6,9-10,14,18H,7-8H2,1-3H3. The molecule has 0 fully saturated rings. The fourth-order valence-corrected chi connectivity index (χ4v) is 2.35. The van der Waals surface area contributed by atoms with E-state index in [1.54, 1.807) is 6.20 Å². The highest BCUT2D eigenvalue weighted by Gasteiger charge is 2.13. The third-order valence-electron chi connectivity index (χ3n) is 3.47. The monoisotopic (exact) mass is 244 g/mol. The van der Waals surface area contributed by atoms with Crippen molar-refractivity contribution in [1.82, 2.24) is 9.55 Å². The zero-order valence-electron chi connectivity index (χ0n) is 11.2. The van der Waals surface area contributed by atoms with Gasteiger partial charge in [-0.25, -0.2) is 4.98 Å². The zero-order valence-corrected chi connectivity index (χ0v) is 11.2. The second kappa shape index (κ2) is 5.36. The van der Waals surface area contributed by atoms with Crippen molar-refractivity contribution in [3.63, 3.8) is 0 Å². The number of hydrogen-bond donors (Lipinski definition) is 1. The number of aliphatic hydroxyl groups is 1. The predicted octanol–water partition coefficient (Wildman–Crippen LogP) is 2.70. The van der Waals surface area contributed by atoms with Gasteiger partial charge >= 0.3 is 0 Å². The van der Waals surface area contributed by atoms with Crippen LogP contribution in [0.2, 0.25) is 0 Å². The quantitative estimate of drug-likeness (QED) is 0.898. The Hall–Kier alpha value is -1.61. The molecule has 1 heterocycles. The van der Waals surface area contributed by atoms with Gasteiger partial charge in [0.15, 0.2) is 0 Å². The van der Waals surface area contributed by atoms with Crippen LogP contribution in [0.15, 0.2) is 30.6 Å². The van der Waals surface area contributed by atoms with E-state index in [1.807, 2.05) is 17.8 Å². The summed E-state index contributed by atoms with van der Waals surface area (Å²) in [6.45, 7) is 4.24. The minimum atomic E-state index is -0.496. The van der Waals surface area contributed by atoms with E-state index in [-0.39, 0.29) is 0 Å². The first kappa shape index (κ1) is 12.8. The molecule has 0 saturated carbocycles. The van der Waals surface area contributed by atoms with Crippen molar-refractivity contribution < 1.29 is 5.11 Å². The lowest BCUT2D eigenvalue weighted by Gasteiger charge is -2.13. The molecule has 1 unspecified atom stereocenters.